The van der Waals surface area contributed by atoms with Gasteiger partial charge in [0.15, 0.2) is 11.5 Å². The van der Waals surface area contributed by atoms with E-state index in [9.17, 15) is 14.4 Å². The van der Waals surface area contributed by atoms with Crippen LogP contribution in [0.5, 0.6) is 11.5 Å². The molecule has 1 aromatic rings. The molecule has 0 spiro atoms. The number of rotatable bonds is 7. The molecule has 174 valence electrons. The first-order chi connectivity index (χ1) is 15.5. The molecule has 3 heterocycles. The van der Waals surface area contributed by atoms with Crippen LogP contribution in [-0.2, 0) is 9.59 Å². The van der Waals surface area contributed by atoms with Gasteiger partial charge in [0.05, 0.1) is 19.3 Å². The van der Waals surface area contributed by atoms with E-state index in [2.05, 4.69) is 5.32 Å². The van der Waals surface area contributed by atoms with Crippen molar-refractivity contribution in [3.63, 3.8) is 0 Å². The van der Waals surface area contributed by atoms with E-state index < -0.39 is 11.6 Å². The van der Waals surface area contributed by atoms with Crippen molar-refractivity contribution in [1.82, 2.24) is 15.1 Å². The van der Waals surface area contributed by atoms with Crippen LogP contribution >= 0.6 is 0 Å². The topological polar surface area (TPSA) is 88.2 Å². The minimum absolute atomic E-state index is 0.100. The number of fused-ring (bicyclic) bond motifs is 1. The Morgan fingerprint density at radius 3 is 2.53 bits per heavy atom. The summed E-state index contributed by atoms with van der Waals surface area (Å²) in [5.74, 6) is 0.958. The molecule has 1 unspecified atom stereocenters. The lowest BCUT2D eigenvalue weighted by atomic mass is 9.88. The number of hydrogen-bond donors (Lipinski definition) is 1. The molecule has 3 aliphatic heterocycles. The van der Waals surface area contributed by atoms with Gasteiger partial charge in [0, 0.05) is 13.0 Å². The molecular formula is C24H33N3O5. The summed E-state index contributed by atoms with van der Waals surface area (Å²) in [5, 5.41) is 2.88. The van der Waals surface area contributed by atoms with Crippen molar-refractivity contribution in [3.8, 4) is 11.5 Å². The third-order valence-electron chi connectivity index (χ3n) is 6.62. The lowest BCUT2D eigenvalue weighted by molar-refractivity contribution is -0.139. The maximum absolute atomic E-state index is 13.2. The van der Waals surface area contributed by atoms with Gasteiger partial charge in [0.2, 0.25) is 5.91 Å². The number of nitrogens with zero attached hydrogens (tertiary/aromatic N) is 2. The number of ether oxygens (including phenoxy) is 2. The molecule has 0 saturated carbocycles. The molecule has 1 N–H and O–H groups in total. The zero-order valence-electron chi connectivity index (χ0n) is 19.0. The van der Waals surface area contributed by atoms with Gasteiger partial charge in [-0.3, -0.25) is 14.5 Å². The first-order valence-electron chi connectivity index (χ1n) is 11.8. The van der Waals surface area contributed by atoms with E-state index in [1.54, 1.807) is 4.90 Å². The highest BCUT2D eigenvalue weighted by atomic mass is 16.5. The summed E-state index contributed by atoms with van der Waals surface area (Å²) in [6.45, 7) is 5.61. The molecule has 2 fully saturated rings. The standard InChI is InChI=1S/C24H33N3O5/c1-3-10-24(11-4-2)22(29)27(23(30)25-24)16-21(28)26-12-5-7-18(26)17-8-9-19-20(15-17)32-14-6-13-31-19/h8-9,15,18H,3-7,10-14,16H2,1-2H3,(H,25,30). The van der Waals surface area contributed by atoms with Crippen LogP contribution in [0.25, 0.3) is 0 Å². The van der Waals surface area contributed by atoms with E-state index in [1.807, 2.05) is 32.0 Å². The Morgan fingerprint density at radius 2 is 1.81 bits per heavy atom. The van der Waals surface area contributed by atoms with Crippen molar-refractivity contribution in [2.45, 2.75) is 70.4 Å². The minimum Gasteiger partial charge on any atom is -0.490 e. The van der Waals surface area contributed by atoms with Gasteiger partial charge in [-0.2, -0.15) is 0 Å². The molecule has 1 atom stereocenters. The fourth-order valence-corrected chi connectivity index (χ4v) is 5.16. The summed E-state index contributed by atoms with van der Waals surface area (Å²) >= 11 is 0. The number of carbonyl (C=O) groups is 3. The number of amides is 4. The molecule has 8 nitrogen and oxygen atoms in total. The summed E-state index contributed by atoms with van der Waals surface area (Å²) in [4.78, 5) is 41.9. The number of imide groups is 1. The van der Waals surface area contributed by atoms with Crippen LogP contribution in [0.1, 0.15) is 70.4 Å². The van der Waals surface area contributed by atoms with Crippen molar-refractivity contribution in [1.29, 1.82) is 0 Å². The summed E-state index contributed by atoms with van der Waals surface area (Å²) in [7, 11) is 0. The zero-order chi connectivity index (χ0) is 22.7. The van der Waals surface area contributed by atoms with Crippen molar-refractivity contribution in [2.24, 2.45) is 0 Å². The summed E-state index contributed by atoms with van der Waals surface area (Å²) in [6, 6.07) is 5.27. The first-order valence-corrected chi connectivity index (χ1v) is 11.8. The van der Waals surface area contributed by atoms with Gasteiger partial charge >= 0.3 is 6.03 Å². The quantitative estimate of drug-likeness (QED) is 0.653. The normalized spacial score (nSPS) is 22.1. The fourth-order valence-electron chi connectivity index (χ4n) is 5.16. The largest absolute Gasteiger partial charge is 0.490 e. The molecule has 32 heavy (non-hydrogen) atoms. The summed E-state index contributed by atoms with van der Waals surface area (Å²) in [6.07, 6.45) is 5.28. The van der Waals surface area contributed by atoms with Crippen LogP contribution in [0.15, 0.2) is 18.2 Å². The lowest BCUT2D eigenvalue weighted by Crippen LogP contribution is -2.47. The summed E-state index contributed by atoms with van der Waals surface area (Å²) in [5.41, 5.74) is 0.114. The van der Waals surface area contributed by atoms with E-state index >= 15 is 0 Å². The number of nitrogens with one attached hydrogen (secondary N) is 1. The molecule has 1 aromatic carbocycles. The predicted molar refractivity (Wildman–Crippen MR) is 119 cm³/mol. The van der Waals surface area contributed by atoms with Crippen LogP contribution in [0, 0.1) is 0 Å². The Kier molecular flexibility index (Phi) is 6.58. The Hall–Kier alpha value is -2.77. The number of likely N-dealkylation sites (tertiary alicyclic amines) is 1. The van der Waals surface area contributed by atoms with E-state index in [4.69, 9.17) is 9.47 Å². The highest BCUT2D eigenvalue weighted by Gasteiger charge is 2.50. The van der Waals surface area contributed by atoms with Gasteiger partial charge in [0.25, 0.3) is 5.91 Å². The molecule has 0 radical (unpaired) electrons. The average Bonchev–Trinajstić information content (AvgIpc) is 3.25. The number of benzene rings is 1. The number of urea groups is 1. The molecule has 4 amide bonds. The minimum atomic E-state index is -0.875. The highest BCUT2D eigenvalue weighted by molar-refractivity contribution is 6.09. The van der Waals surface area contributed by atoms with E-state index in [-0.39, 0.29) is 24.4 Å². The average molecular weight is 444 g/mol. The van der Waals surface area contributed by atoms with Crippen LogP contribution in [0.2, 0.25) is 0 Å². The van der Waals surface area contributed by atoms with Gasteiger partial charge in [-0.15, -0.1) is 0 Å². The molecule has 3 aliphatic rings. The van der Waals surface area contributed by atoms with E-state index in [0.29, 0.717) is 38.3 Å². The summed E-state index contributed by atoms with van der Waals surface area (Å²) < 4.78 is 11.5. The number of carbonyl (C=O) groups excluding carboxylic acids is 3. The van der Waals surface area contributed by atoms with Crippen LogP contribution in [-0.4, -0.2) is 59.5 Å². The monoisotopic (exact) mass is 443 g/mol. The Labute approximate surface area is 189 Å². The Morgan fingerprint density at radius 1 is 1.09 bits per heavy atom. The van der Waals surface area contributed by atoms with Crippen molar-refractivity contribution in [3.05, 3.63) is 23.8 Å². The van der Waals surface area contributed by atoms with Gasteiger partial charge in [-0.05, 0) is 43.4 Å². The van der Waals surface area contributed by atoms with Gasteiger partial charge in [-0.1, -0.05) is 32.8 Å². The smallest absolute Gasteiger partial charge is 0.325 e. The molecule has 2 saturated heterocycles. The van der Waals surface area contributed by atoms with Gasteiger partial charge in [0.1, 0.15) is 12.1 Å². The first kappa shape index (κ1) is 22.4. The highest BCUT2D eigenvalue weighted by Crippen LogP contribution is 2.38. The van der Waals surface area contributed by atoms with Crippen LogP contribution in [0.3, 0.4) is 0 Å². The Balaban J connectivity index is 1.49. The zero-order valence-corrected chi connectivity index (χ0v) is 19.0. The third-order valence-corrected chi connectivity index (χ3v) is 6.62. The van der Waals surface area contributed by atoms with Crippen molar-refractivity contribution < 1.29 is 23.9 Å². The van der Waals surface area contributed by atoms with Gasteiger partial charge in [-0.25, -0.2) is 4.79 Å². The Bertz CT molecular complexity index is 880. The molecule has 0 aromatic heterocycles. The second-order valence-electron chi connectivity index (χ2n) is 8.91. The third kappa shape index (κ3) is 4.14. The molecule has 0 bridgehead atoms. The van der Waals surface area contributed by atoms with Crippen LogP contribution < -0.4 is 14.8 Å². The molecule has 4 rings (SSSR count). The fraction of sp³-hybridized carbons (Fsp3) is 0.625. The molecule has 0 aliphatic carbocycles. The predicted octanol–water partition coefficient (Wildman–Crippen LogP) is 3.40. The lowest BCUT2D eigenvalue weighted by Gasteiger charge is -2.28. The SMILES string of the molecule is CCCC1(CCC)NC(=O)N(CC(=O)N2CCCC2c2ccc3c(c2)OCCCO3)C1=O. The maximum Gasteiger partial charge on any atom is 0.325 e. The van der Waals surface area contributed by atoms with Crippen molar-refractivity contribution >= 4 is 17.8 Å². The van der Waals surface area contributed by atoms with Crippen molar-refractivity contribution in [2.75, 3.05) is 26.3 Å². The molecule has 8 heteroatoms. The van der Waals surface area contributed by atoms with E-state index in [1.165, 1.54) is 0 Å². The second kappa shape index (κ2) is 9.38. The number of hydrogen-bond acceptors (Lipinski definition) is 5. The van der Waals surface area contributed by atoms with Crippen LogP contribution in [0.4, 0.5) is 4.79 Å². The molecular weight excluding hydrogens is 410 g/mol. The van der Waals surface area contributed by atoms with Gasteiger partial charge < -0.3 is 19.7 Å². The maximum atomic E-state index is 13.2. The van der Waals surface area contributed by atoms with E-state index in [0.717, 1.165) is 48.3 Å². The second-order valence-corrected chi connectivity index (χ2v) is 8.91.